The molecular weight excluding hydrogens is 318 g/mol. The van der Waals surface area contributed by atoms with Crippen molar-refractivity contribution in [2.45, 2.75) is 44.4 Å². The summed E-state index contributed by atoms with van der Waals surface area (Å²) in [6.45, 7) is 2.96. The normalized spacial score (nSPS) is 22.2. The Balaban J connectivity index is 1.41. The Bertz CT molecular complexity index is 585. The smallest absolute Gasteiger partial charge is 0.248 e. The highest BCUT2D eigenvalue weighted by atomic mass is 16.5. The molecule has 136 valence electrons. The second-order valence-electron chi connectivity index (χ2n) is 6.89. The number of hydrogen-bond donors (Lipinski definition) is 1. The number of primary amides is 1. The predicted octanol–water partition coefficient (Wildman–Crippen LogP) is 1.14. The maximum atomic E-state index is 12.3. The Morgan fingerprint density at radius 2 is 1.80 bits per heavy atom. The zero-order chi connectivity index (χ0) is 17.6. The van der Waals surface area contributed by atoms with Gasteiger partial charge in [0.05, 0.1) is 12.6 Å². The van der Waals surface area contributed by atoms with Crippen LogP contribution in [0.4, 0.5) is 0 Å². The molecule has 0 spiro atoms. The van der Waals surface area contributed by atoms with Crippen LogP contribution in [0.1, 0.15) is 31.2 Å². The first kappa shape index (κ1) is 17.9. The lowest BCUT2D eigenvalue weighted by molar-refractivity contribution is -0.138. The Morgan fingerprint density at radius 1 is 1.08 bits per heavy atom. The van der Waals surface area contributed by atoms with Gasteiger partial charge >= 0.3 is 0 Å². The van der Waals surface area contributed by atoms with E-state index >= 15 is 0 Å². The summed E-state index contributed by atoms with van der Waals surface area (Å²) in [5.41, 5.74) is 6.58. The topological polar surface area (TPSA) is 75.9 Å². The fourth-order valence-corrected chi connectivity index (χ4v) is 3.90. The number of piperidine rings is 1. The van der Waals surface area contributed by atoms with Crippen molar-refractivity contribution in [1.29, 1.82) is 0 Å². The zero-order valence-corrected chi connectivity index (χ0v) is 14.6. The monoisotopic (exact) mass is 345 g/mol. The third-order valence-corrected chi connectivity index (χ3v) is 5.25. The third kappa shape index (κ3) is 4.58. The lowest BCUT2D eigenvalue weighted by Gasteiger charge is -2.38. The molecule has 1 aromatic carbocycles. The summed E-state index contributed by atoms with van der Waals surface area (Å²) in [5, 5.41) is 0. The van der Waals surface area contributed by atoms with Crippen LogP contribution in [0.15, 0.2) is 30.3 Å². The van der Waals surface area contributed by atoms with Gasteiger partial charge in [-0.1, -0.05) is 30.3 Å². The SMILES string of the molecule is NC(=O)[C@H]1CCCN1C1CCN(C(=O)COCc2ccccc2)CC1. The Kier molecular flexibility index (Phi) is 6.04. The number of likely N-dealkylation sites (tertiary alicyclic amines) is 2. The molecule has 2 amide bonds. The first-order valence-electron chi connectivity index (χ1n) is 9.09. The van der Waals surface area contributed by atoms with E-state index in [4.69, 9.17) is 10.5 Å². The highest BCUT2D eigenvalue weighted by Crippen LogP contribution is 2.25. The van der Waals surface area contributed by atoms with Gasteiger partial charge in [0, 0.05) is 19.1 Å². The quantitative estimate of drug-likeness (QED) is 0.839. The molecule has 0 aromatic heterocycles. The summed E-state index contributed by atoms with van der Waals surface area (Å²) in [6, 6.07) is 10.1. The van der Waals surface area contributed by atoms with Crippen molar-refractivity contribution >= 4 is 11.8 Å². The molecular formula is C19H27N3O3. The molecule has 2 fully saturated rings. The number of carbonyl (C=O) groups excluding carboxylic acids is 2. The van der Waals surface area contributed by atoms with Gasteiger partial charge in [-0.3, -0.25) is 14.5 Å². The highest BCUT2D eigenvalue weighted by molar-refractivity contribution is 5.80. The lowest BCUT2D eigenvalue weighted by atomic mass is 10.0. The summed E-state index contributed by atoms with van der Waals surface area (Å²) >= 11 is 0. The fourth-order valence-electron chi connectivity index (χ4n) is 3.90. The first-order chi connectivity index (χ1) is 12.1. The summed E-state index contributed by atoms with van der Waals surface area (Å²) < 4.78 is 5.55. The number of rotatable bonds is 6. The van der Waals surface area contributed by atoms with Gasteiger partial charge in [0.25, 0.3) is 0 Å². The van der Waals surface area contributed by atoms with E-state index in [1.54, 1.807) is 0 Å². The van der Waals surface area contributed by atoms with E-state index in [-0.39, 0.29) is 24.5 Å². The summed E-state index contributed by atoms with van der Waals surface area (Å²) in [7, 11) is 0. The molecule has 2 aliphatic rings. The molecule has 0 saturated carbocycles. The minimum atomic E-state index is -0.217. The van der Waals surface area contributed by atoms with Gasteiger partial charge in [-0.15, -0.1) is 0 Å². The van der Waals surface area contributed by atoms with Crippen molar-refractivity contribution < 1.29 is 14.3 Å². The van der Waals surface area contributed by atoms with Crippen molar-refractivity contribution in [1.82, 2.24) is 9.80 Å². The van der Waals surface area contributed by atoms with E-state index in [0.717, 1.165) is 50.9 Å². The molecule has 2 N–H and O–H groups in total. The minimum absolute atomic E-state index is 0.0438. The molecule has 2 heterocycles. The molecule has 2 aliphatic heterocycles. The number of hydrogen-bond acceptors (Lipinski definition) is 4. The number of nitrogens with two attached hydrogens (primary N) is 1. The lowest BCUT2D eigenvalue weighted by Crippen LogP contribution is -2.51. The fraction of sp³-hybridized carbons (Fsp3) is 0.579. The Labute approximate surface area is 148 Å². The number of ether oxygens (including phenoxy) is 1. The van der Waals surface area contributed by atoms with Gasteiger partial charge < -0.3 is 15.4 Å². The number of nitrogens with zero attached hydrogens (tertiary/aromatic N) is 2. The van der Waals surface area contributed by atoms with Crippen molar-refractivity contribution in [2.75, 3.05) is 26.2 Å². The van der Waals surface area contributed by atoms with Gasteiger partial charge in [0.2, 0.25) is 11.8 Å². The van der Waals surface area contributed by atoms with Gasteiger partial charge in [-0.05, 0) is 37.8 Å². The molecule has 6 heteroatoms. The third-order valence-electron chi connectivity index (χ3n) is 5.25. The summed E-state index contributed by atoms with van der Waals surface area (Å²) in [4.78, 5) is 28.0. The van der Waals surface area contributed by atoms with Crippen LogP contribution in [0.25, 0.3) is 0 Å². The Hall–Kier alpha value is -1.92. The molecule has 0 radical (unpaired) electrons. The molecule has 25 heavy (non-hydrogen) atoms. The molecule has 0 aliphatic carbocycles. The van der Waals surface area contributed by atoms with Crippen LogP contribution in [-0.4, -0.2) is 59.9 Å². The number of carbonyl (C=O) groups is 2. The van der Waals surface area contributed by atoms with Crippen LogP contribution >= 0.6 is 0 Å². The van der Waals surface area contributed by atoms with Crippen molar-refractivity contribution in [3.8, 4) is 0 Å². The van der Waals surface area contributed by atoms with Crippen LogP contribution in [0, 0.1) is 0 Å². The first-order valence-corrected chi connectivity index (χ1v) is 9.09. The number of amides is 2. The van der Waals surface area contributed by atoms with E-state index in [1.165, 1.54) is 0 Å². The van der Waals surface area contributed by atoms with E-state index in [9.17, 15) is 9.59 Å². The van der Waals surface area contributed by atoms with Crippen LogP contribution in [0.5, 0.6) is 0 Å². The number of benzene rings is 1. The van der Waals surface area contributed by atoms with Gasteiger partial charge in [0.1, 0.15) is 6.61 Å². The van der Waals surface area contributed by atoms with Crippen molar-refractivity contribution in [3.05, 3.63) is 35.9 Å². The Morgan fingerprint density at radius 3 is 2.48 bits per heavy atom. The largest absolute Gasteiger partial charge is 0.368 e. The maximum Gasteiger partial charge on any atom is 0.248 e. The van der Waals surface area contributed by atoms with Gasteiger partial charge in [-0.2, -0.15) is 0 Å². The molecule has 0 bridgehead atoms. The molecule has 0 unspecified atom stereocenters. The maximum absolute atomic E-state index is 12.3. The minimum Gasteiger partial charge on any atom is -0.368 e. The van der Waals surface area contributed by atoms with Crippen LogP contribution < -0.4 is 5.73 Å². The second kappa shape index (κ2) is 8.45. The molecule has 3 rings (SSSR count). The summed E-state index contributed by atoms with van der Waals surface area (Å²) in [6.07, 6.45) is 3.68. The van der Waals surface area contributed by atoms with Gasteiger partial charge in [-0.25, -0.2) is 0 Å². The molecule has 2 saturated heterocycles. The second-order valence-corrected chi connectivity index (χ2v) is 6.89. The summed E-state index contributed by atoms with van der Waals surface area (Å²) in [5.74, 6) is -0.174. The highest BCUT2D eigenvalue weighted by Gasteiger charge is 2.36. The van der Waals surface area contributed by atoms with Crippen LogP contribution in [0.2, 0.25) is 0 Å². The van der Waals surface area contributed by atoms with E-state index in [2.05, 4.69) is 4.90 Å². The van der Waals surface area contributed by atoms with Gasteiger partial charge in [0.15, 0.2) is 0 Å². The van der Waals surface area contributed by atoms with Crippen molar-refractivity contribution in [2.24, 2.45) is 5.73 Å². The van der Waals surface area contributed by atoms with E-state index < -0.39 is 0 Å². The van der Waals surface area contributed by atoms with Crippen molar-refractivity contribution in [3.63, 3.8) is 0 Å². The standard InChI is InChI=1S/C19H27N3O3/c20-19(24)17-7-4-10-22(17)16-8-11-21(12-9-16)18(23)14-25-13-15-5-2-1-3-6-15/h1-3,5-6,16-17H,4,7-14H2,(H2,20,24)/t17-/m1/s1. The zero-order valence-electron chi connectivity index (χ0n) is 14.6. The van der Waals surface area contributed by atoms with Crippen LogP contribution in [-0.2, 0) is 20.9 Å². The molecule has 1 aromatic rings. The molecule has 1 atom stereocenters. The average Bonchev–Trinajstić information content (AvgIpc) is 3.13. The van der Waals surface area contributed by atoms with E-state index in [0.29, 0.717) is 12.6 Å². The van der Waals surface area contributed by atoms with Crippen LogP contribution in [0.3, 0.4) is 0 Å². The average molecular weight is 345 g/mol. The van der Waals surface area contributed by atoms with E-state index in [1.807, 2.05) is 35.2 Å². The predicted molar refractivity (Wildman–Crippen MR) is 94.6 cm³/mol. The molecule has 6 nitrogen and oxygen atoms in total.